The van der Waals surface area contributed by atoms with Crippen LogP contribution in [-0.2, 0) is 0 Å². The Balaban J connectivity index is 1.75. The molecule has 2 aromatic heterocycles. The number of hydrogen-bond donors (Lipinski definition) is 2. The summed E-state index contributed by atoms with van der Waals surface area (Å²) in [6.07, 6.45) is 3.47. The minimum absolute atomic E-state index is 0.228. The van der Waals surface area contributed by atoms with Crippen LogP contribution in [0.2, 0.25) is 0 Å². The lowest BCUT2D eigenvalue weighted by Gasteiger charge is -2.00. The molecule has 0 aliphatic heterocycles. The SMILES string of the molecule is C/C(=N\Nc1nc(-c2cccc(O)c2)cs1)c1ccncc1. The molecule has 2 heterocycles. The van der Waals surface area contributed by atoms with Crippen LogP contribution in [-0.4, -0.2) is 20.8 Å². The van der Waals surface area contributed by atoms with Crippen molar-refractivity contribution in [3.63, 3.8) is 0 Å². The molecular weight excluding hydrogens is 296 g/mol. The number of rotatable bonds is 4. The molecule has 3 aromatic rings. The highest BCUT2D eigenvalue weighted by Crippen LogP contribution is 2.27. The Morgan fingerprint density at radius 1 is 1.23 bits per heavy atom. The van der Waals surface area contributed by atoms with Crippen LogP contribution in [0, 0.1) is 0 Å². The van der Waals surface area contributed by atoms with Gasteiger partial charge >= 0.3 is 0 Å². The molecule has 0 unspecified atom stereocenters. The molecule has 0 amide bonds. The van der Waals surface area contributed by atoms with Crippen molar-refractivity contribution in [2.75, 3.05) is 5.43 Å². The van der Waals surface area contributed by atoms with Gasteiger partial charge in [0, 0.05) is 28.9 Å². The van der Waals surface area contributed by atoms with E-state index < -0.39 is 0 Å². The van der Waals surface area contributed by atoms with Crippen molar-refractivity contribution < 1.29 is 5.11 Å². The average Bonchev–Trinajstić information content (AvgIpc) is 3.02. The topological polar surface area (TPSA) is 70.4 Å². The zero-order valence-corrected chi connectivity index (χ0v) is 12.7. The Kier molecular flexibility index (Phi) is 4.11. The zero-order chi connectivity index (χ0) is 15.4. The molecule has 0 aliphatic rings. The van der Waals surface area contributed by atoms with E-state index >= 15 is 0 Å². The van der Waals surface area contributed by atoms with E-state index in [2.05, 4.69) is 20.5 Å². The first kappa shape index (κ1) is 14.2. The molecule has 5 nitrogen and oxygen atoms in total. The molecule has 0 aliphatic carbocycles. The fourth-order valence-electron chi connectivity index (χ4n) is 1.91. The lowest BCUT2D eigenvalue weighted by molar-refractivity contribution is 0.475. The number of phenols is 1. The summed E-state index contributed by atoms with van der Waals surface area (Å²) in [5.74, 6) is 0.228. The quantitative estimate of drug-likeness (QED) is 0.569. The van der Waals surface area contributed by atoms with Crippen molar-refractivity contribution in [2.45, 2.75) is 6.92 Å². The van der Waals surface area contributed by atoms with E-state index in [-0.39, 0.29) is 5.75 Å². The highest BCUT2D eigenvalue weighted by Gasteiger charge is 2.05. The standard InChI is InChI=1S/C16H14N4OS/c1-11(12-5-7-17-8-6-12)19-20-16-18-15(10-22-16)13-3-2-4-14(21)9-13/h2-10,21H,1H3,(H,18,20)/b19-11+. The molecule has 22 heavy (non-hydrogen) atoms. The third-order valence-corrected chi connectivity index (χ3v) is 3.81. The number of phenolic OH excluding ortho intramolecular Hbond substituents is 1. The van der Waals surface area contributed by atoms with Crippen molar-refractivity contribution in [1.82, 2.24) is 9.97 Å². The van der Waals surface area contributed by atoms with Crippen LogP contribution >= 0.6 is 11.3 Å². The van der Waals surface area contributed by atoms with Gasteiger partial charge in [0.05, 0.1) is 11.4 Å². The van der Waals surface area contributed by atoms with Gasteiger partial charge in [-0.3, -0.25) is 10.4 Å². The van der Waals surface area contributed by atoms with Crippen molar-refractivity contribution in [3.8, 4) is 17.0 Å². The first-order chi connectivity index (χ1) is 10.7. The molecule has 0 radical (unpaired) electrons. The van der Waals surface area contributed by atoms with Crippen molar-refractivity contribution in [3.05, 3.63) is 59.7 Å². The minimum atomic E-state index is 0.228. The number of aromatic nitrogens is 2. The van der Waals surface area contributed by atoms with E-state index in [0.717, 1.165) is 22.5 Å². The number of anilines is 1. The molecular formula is C16H14N4OS. The second-order valence-corrected chi connectivity index (χ2v) is 5.49. The van der Waals surface area contributed by atoms with E-state index in [4.69, 9.17) is 0 Å². The summed E-state index contributed by atoms with van der Waals surface area (Å²) in [5, 5.41) is 16.5. The predicted octanol–water partition coefficient (Wildman–Crippen LogP) is 3.75. The van der Waals surface area contributed by atoms with Gasteiger partial charge in [-0.15, -0.1) is 11.3 Å². The molecule has 0 bridgehead atoms. The lowest BCUT2D eigenvalue weighted by Crippen LogP contribution is -1.99. The number of nitrogens with zero attached hydrogens (tertiary/aromatic N) is 3. The van der Waals surface area contributed by atoms with Gasteiger partial charge in [0.2, 0.25) is 5.13 Å². The van der Waals surface area contributed by atoms with Gasteiger partial charge in [0.1, 0.15) is 5.75 Å². The van der Waals surface area contributed by atoms with Gasteiger partial charge < -0.3 is 5.11 Å². The Hall–Kier alpha value is -2.73. The maximum atomic E-state index is 9.52. The fourth-order valence-corrected chi connectivity index (χ4v) is 2.57. The van der Waals surface area contributed by atoms with E-state index in [1.54, 1.807) is 30.6 Å². The molecule has 1 aromatic carbocycles. The van der Waals surface area contributed by atoms with E-state index in [1.165, 1.54) is 11.3 Å². The maximum Gasteiger partial charge on any atom is 0.203 e. The first-order valence-corrected chi connectivity index (χ1v) is 7.56. The van der Waals surface area contributed by atoms with Gasteiger partial charge in [-0.1, -0.05) is 12.1 Å². The van der Waals surface area contributed by atoms with Gasteiger partial charge in [0.25, 0.3) is 0 Å². The summed E-state index contributed by atoms with van der Waals surface area (Å²) in [4.78, 5) is 8.45. The number of nitrogens with one attached hydrogen (secondary N) is 1. The van der Waals surface area contributed by atoms with Crippen LogP contribution in [0.3, 0.4) is 0 Å². The summed E-state index contributed by atoms with van der Waals surface area (Å²) in [7, 11) is 0. The molecule has 6 heteroatoms. The molecule has 0 fully saturated rings. The Morgan fingerprint density at radius 2 is 2.05 bits per heavy atom. The fraction of sp³-hybridized carbons (Fsp3) is 0.0625. The number of thiazole rings is 1. The zero-order valence-electron chi connectivity index (χ0n) is 11.9. The summed E-state index contributed by atoms with van der Waals surface area (Å²) in [6.45, 7) is 1.92. The predicted molar refractivity (Wildman–Crippen MR) is 89.3 cm³/mol. The number of hydrazone groups is 1. The van der Waals surface area contributed by atoms with E-state index in [0.29, 0.717) is 5.13 Å². The van der Waals surface area contributed by atoms with E-state index in [1.807, 2.05) is 30.5 Å². The smallest absolute Gasteiger partial charge is 0.203 e. The summed E-state index contributed by atoms with van der Waals surface area (Å²) >= 11 is 1.46. The first-order valence-electron chi connectivity index (χ1n) is 6.68. The summed E-state index contributed by atoms with van der Waals surface area (Å²) in [5.41, 5.74) is 6.50. The van der Waals surface area contributed by atoms with Crippen LogP contribution < -0.4 is 5.43 Å². The third-order valence-electron chi connectivity index (χ3n) is 3.06. The molecule has 110 valence electrons. The molecule has 3 rings (SSSR count). The Labute approximate surface area is 132 Å². The largest absolute Gasteiger partial charge is 0.508 e. The second kappa shape index (κ2) is 6.36. The van der Waals surface area contributed by atoms with Crippen LogP contribution in [0.5, 0.6) is 5.75 Å². The molecule has 2 N–H and O–H groups in total. The number of aromatic hydroxyl groups is 1. The molecule has 0 saturated carbocycles. The van der Waals surface area contributed by atoms with Crippen LogP contribution in [0.4, 0.5) is 5.13 Å². The van der Waals surface area contributed by atoms with Crippen molar-refractivity contribution >= 4 is 22.2 Å². The van der Waals surface area contributed by atoms with Crippen LogP contribution in [0.1, 0.15) is 12.5 Å². The van der Waals surface area contributed by atoms with Gasteiger partial charge in [-0.25, -0.2) is 4.98 Å². The normalized spacial score (nSPS) is 11.4. The maximum absolute atomic E-state index is 9.52. The van der Waals surface area contributed by atoms with Gasteiger partial charge in [0.15, 0.2) is 0 Å². The number of benzene rings is 1. The molecule has 0 atom stereocenters. The van der Waals surface area contributed by atoms with Crippen molar-refractivity contribution in [1.29, 1.82) is 0 Å². The minimum Gasteiger partial charge on any atom is -0.508 e. The highest BCUT2D eigenvalue weighted by molar-refractivity contribution is 7.14. The second-order valence-electron chi connectivity index (χ2n) is 4.63. The summed E-state index contributed by atoms with van der Waals surface area (Å²) in [6, 6.07) is 10.8. The van der Waals surface area contributed by atoms with Crippen LogP contribution in [0.25, 0.3) is 11.3 Å². The molecule has 0 saturated heterocycles. The average molecular weight is 310 g/mol. The number of hydrogen-bond acceptors (Lipinski definition) is 6. The van der Waals surface area contributed by atoms with E-state index in [9.17, 15) is 5.11 Å². The van der Waals surface area contributed by atoms with Gasteiger partial charge in [-0.2, -0.15) is 5.10 Å². The van der Waals surface area contributed by atoms with Gasteiger partial charge in [-0.05, 0) is 31.2 Å². The summed E-state index contributed by atoms with van der Waals surface area (Å²) < 4.78 is 0. The Bertz CT molecular complexity index is 799. The lowest BCUT2D eigenvalue weighted by atomic mass is 10.2. The Morgan fingerprint density at radius 3 is 2.82 bits per heavy atom. The van der Waals surface area contributed by atoms with Crippen LogP contribution in [0.15, 0.2) is 59.3 Å². The third kappa shape index (κ3) is 3.29. The highest BCUT2D eigenvalue weighted by atomic mass is 32.1. The van der Waals surface area contributed by atoms with Crippen molar-refractivity contribution in [2.24, 2.45) is 5.10 Å². The molecule has 0 spiro atoms. The number of pyridine rings is 1. The monoisotopic (exact) mass is 310 g/mol.